The lowest BCUT2D eigenvalue weighted by atomic mass is 10.1. The molecule has 1 fully saturated rings. The number of nitro benzene ring substituents is 1. The smallest absolute Gasteiger partial charge is 0.293 e. The quantitative estimate of drug-likeness (QED) is 0.546. The zero-order chi connectivity index (χ0) is 21.0. The van der Waals surface area contributed by atoms with Crippen molar-refractivity contribution in [2.24, 2.45) is 0 Å². The van der Waals surface area contributed by atoms with Crippen LogP contribution in [0.25, 0.3) is 0 Å². The summed E-state index contributed by atoms with van der Waals surface area (Å²) in [6.07, 6.45) is -1.11. The van der Waals surface area contributed by atoms with Crippen LogP contribution in [-0.4, -0.2) is 53.7 Å². The first-order chi connectivity index (χ1) is 13.9. The standard InChI is InChI=1S/C19H19ClFN3O5/c20-14-3-1-12(9-15(14)21)18(25)11-22-16-4-2-13(10-17(16)24(27)28)19(26)23-5-7-29-8-6-23/h1-4,9-10,18,22,25H,5-8,11H2. The van der Waals surface area contributed by atoms with E-state index in [1.807, 2.05) is 0 Å². The fourth-order valence-corrected chi connectivity index (χ4v) is 3.08. The second-order valence-corrected chi connectivity index (χ2v) is 6.87. The van der Waals surface area contributed by atoms with E-state index in [2.05, 4.69) is 5.32 Å². The number of anilines is 1. The summed E-state index contributed by atoms with van der Waals surface area (Å²) >= 11 is 5.63. The molecular weight excluding hydrogens is 405 g/mol. The largest absolute Gasteiger partial charge is 0.387 e. The second-order valence-electron chi connectivity index (χ2n) is 6.46. The van der Waals surface area contributed by atoms with Crippen LogP contribution in [0.2, 0.25) is 5.02 Å². The van der Waals surface area contributed by atoms with Gasteiger partial charge in [-0.3, -0.25) is 14.9 Å². The number of ether oxygens (including phenoxy) is 1. The minimum absolute atomic E-state index is 0.0647. The van der Waals surface area contributed by atoms with Crippen LogP contribution in [0, 0.1) is 15.9 Å². The highest BCUT2D eigenvalue weighted by molar-refractivity contribution is 6.30. The number of aliphatic hydroxyl groups is 1. The summed E-state index contributed by atoms with van der Waals surface area (Å²) in [5.41, 5.74) is 0.325. The first-order valence-corrected chi connectivity index (χ1v) is 9.27. The third-order valence-electron chi connectivity index (χ3n) is 4.55. The summed E-state index contributed by atoms with van der Waals surface area (Å²) in [5, 5.41) is 24.4. The number of hydrogen-bond donors (Lipinski definition) is 2. The van der Waals surface area contributed by atoms with E-state index in [0.29, 0.717) is 26.3 Å². The van der Waals surface area contributed by atoms with E-state index in [1.165, 1.54) is 30.3 Å². The van der Waals surface area contributed by atoms with Crippen LogP contribution in [-0.2, 0) is 4.74 Å². The summed E-state index contributed by atoms with van der Waals surface area (Å²) in [4.78, 5) is 25.0. The average Bonchev–Trinajstić information content (AvgIpc) is 2.73. The lowest BCUT2D eigenvalue weighted by molar-refractivity contribution is -0.384. The molecule has 1 saturated heterocycles. The molecule has 10 heteroatoms. The molecule has 0 aliphatic carbocycles. The molecule has 1 aliphatic rings. The van der Waals surface area contributed by atoms with Crippen LogP contribution in [0.3, 0.4) is 0 Å². The molecule has 154 valence electrons. The topological polar surface area (TPSA) is 105 Å². The first kappa shape index (κ1) is 21.0. The highest BCUT2D eigenvalue weighted by atomic mass is 35.5. The second kappa shape index (κ2) is 9.17. The molecule has 0 aromatic heterocycles. The zero-order valence-electron chi connectivity index (χ0n) is 15.3. The monoisotopic (exact) mass is 423 g/mol. The Bertz CT molecular complexity index is 921. The Balaban J connectivity index is 1.74. The fourth-order valence-electron chi connectivity index (χ4n) is 2.96. The van der Waals surface area contributed by atoms with Crippen LogP contribution in [0.15, 0.2) is 36.4 Å². The number of nitro groups is 1. The molecule has 0 bridgehead atoms. The molecule has 0 spiro atoms. The van der Waals surface area contributed by atoms with Crippen molar-refractivity contribution in [3.05, 3.63) is 68.5 Å². The number of carbonyl (C=O) groups excluding carboxylic acids is 1. The van der Waals surface area contributed by atoms with Crippen LogP contribution >= 0.6 is 11.6 Å². The molecule has 1 atom stereocenters. The van der Waals surface area contributed by atoms with Gasteiger partial charge >= 0.3 is 0 Å². The Morgan fingerprint density at radius 2 is 2.03 bits per heavy atom. The van der Waals surface area contributed by atoms with E-state index in [1.54, 1.807) is 4.90 Å². The van der Waals surface area contributed by atoms with Gasteiger partial charge in [0.05, 0.1) is 29.3 Å². The van der Waals surface area contributed by atoms with Gasteiger partial charge in [0.15, 0.2) is 0 Å². The molecule has 1 heterocycles. The average molecular weight is 424 g/mol. The summed E-state index contributed by atoms with van der Waals surface area (Å²) in [6.45, 7) is 1.61. The van der Waals surface area contributed by atoms with E-state index in [0.717, 1.165) is 6.07 Å². The molecule has 0 saturated carbocycles. The molecule has 1 amide bonds. The molecule has 2 aromatic carbocycles. The molecule has 0 radical (unpaired) electrons. The summed E-state index contributed by atoms with van der Waals surface area (Å²) in [5.74, 6) is -0.972. The molecule has 2 N–H and O–H groups in total. The number of halogens is 2. The fraction of sp³-hybridized carbons (Fsp3) is 0.316. The van der Waals surface area contributed by atoms with Crippen LogP contribution in [0.1, 0.15) is 22.0 Å². The third-order valence-corrected chi connectivity index (χ3v) is 4.86. The molecule has 1 unspecified atom stereocenters. The Hall–Kier alpha value is -2.75. The van der Waals surface area contributed by atoms with Crippen molar-refractivity contribution in [3.8, 4) is 0 Å². The van der Waals surface area contributed by atoms with Crippen molar-refractivity contribution < 1.29 is 24.0 Å². The Morgan fingerprint density at radius 1 is 1.31 bits per heavy atom. The highest BCUT2D eigenvalue weighted by Crippen LogP contribution is 2.28. The lowest BCUT2D eigenvalue weighted by Gasteiger charge is -2.26. The van der Waals surface area contributed by atoms with E-state index in [9.17, 15) is 24.4 Å². The van der Waals surface area contributed by atoms with Gasteiger partial charge < -0.3 is 20.1 Å². The third kappa shape index (κ3) is 5.00. The number of hydrogen-bond acceptors (Lipinski definition) is 6. The maximum Gasteiger partial charge on any atom is 0.293 e. The van der Waals surface area contributed by atoms with Crippen molar-refractivity contribution >= 4 is 28.9 Å². The minimum Gasteiger partial charge on any atom is -0.387 e. The maximum absolute atomic E-state index is 13.5. The van der Waals surface area contributed by atoms with Crippen molar-refractivity contribution in [2.45, 2.75) is 6.10 Å². The summed E-state index contributed by atoms with van der Waals surface area (Å²) in [6, 6.07) is 8.00. The lowest BCUT2D eigenvalue weighted by Crippen LogP contribution is -2.40. The molecule has 2 aromatic rings. The van der Waals surface area contributed by atoms with Crippen LogP contribution in [0.5, 0.6) is 0 Å². The first-order valence-electron chi connectivity index (χ1n) is 8.89. The van der Waals surface area contributed by atoms with Crippen molar-refractivity contribution in [2.75, 3.05) is 38.2 Å². The van der Waals surface area contributed by atoms with E-state index in [-0.39, 0.29) is 40.0 Å². The normalized spacial score (nSPS) is 15.1. The number of aliphatic hydroxyl groups excluding tert-OH is 1. The number of nitrogens with one attached hydrogen (secondary N) is 1. The Labute approximate surface area is 171 Å². The van der Waals surface area contributed by atoms with Gasteiger partial charge in [-0.1, -0.05) is 17.7 Å². The number of carbonyl (C=O) groups is 1. The van der Waals surface area contributed by atoms with E-state index >= 15 is 0 Å². The van der Waals surface area contributed by atoms with Gasteiger partial charge in [0.2, 0.25) is 0 Å². The van der Waals surface area contributed by atoms with Crippen molar-refractivity contribution in [1.82, 2.24) is 4.90 Å². The van der Waals surface area contributed by atoms with Crippen molar-refractivity contribution in [1.29, 1.82) is 0 Å². The maximum atomic E-state index is 13.5. The van der Waals surface area contributed by atoms with Gasteiger partial charge in [-0.25, -0.2) is 4.39 Å². The number of nitrogens with zero attached hydrogens (tertiary/aromatic N) is 2. The summed E-state index contributed by atoms with van der Waals surface area (Å²) in [7, 11) is 0. The van der Waals surface area contributed by atoms with Crippen LogP contribution < -0.4 is 5.32 Å². The molecular formula is C19H19ClFN3O5. The minimum atomic E-state index is -1.11. The van der Waals surface area contributed by atoms with Crippen LogP contribution in [0.4, 0.5) is 15.8 Å². The number of morpholine rings is 1. The predicted molar refractivity (Wildman–Crippen MR) is 105 cm³/mol. The van der Waals surface area contributed by atoms with Crippen molar-refractivity contribution in [3.63, 3.8) is 0 Å². The number of rotatable bonds is 6. The number of amides is 1. The van der Waals surface area contributed by atoms with Gasteiger partial charge in [0, 0.05) is 31.3 Å². The van der Waals surface area contributed by atoms with Gasteiger partial charge in [-0.15, -0.1) is 0 Å². The van der Waals surface area contributed by atoms with Gasteiger partial charge in [-0.2, -0.15) is 0 Å². The highest BCUT2D eigenvalue weighted by Gasteiger charge is 2.23. The Kier molecular flexibility index (Phi) is 6.63. The molecule has 1 aliphatic heterocycles. The van der Waals surface area contributed by atoms with Gasteiger partial charge in [0.25, 0.3) is 11.6 Å². The Morgan fingerprint density at radius 3 is 2.69 bits per heavy atom. The SMILES string of the molecule is O=C(c1ccc(NCC(O)c2ccc(Cl)c(F)c2)c([N+](=O)[O-])c1)N1CCOCC1. The zero-order valence-corrected chi connectivity index (χ0v) is 16.1. The van der Waals surface area contributed by atoms with E-state index in [4.69, 9.17) is 16.3 Å². The molecule has 29 heavy (non-hydrogen) atoms. The summed E-state index contributed by atoms with van der Waals surface area (Å²) < 4.78 is 18.8. The predicted octanol–water partition coefficient (Wildman–Crippen LogP) is 3.01. The molecule has 3 rings (SSSR count). The molecule has 8 nitrogen and oxygen atoms in total. The van der Waals surface area contributed by atoms with Gasteiger partial charge in [0.1, 0.15) is 11.5 Å². The van der Waals surface area contributed by atoms with Gasteiger partial charge in [-0.05, 0) is 29.8 Å². The number of benzene rings is 2. The van der Waals surface area contributed by atoms with E-state index < -0.39 is 16.8 Å².